The first kappa shape index (κ1) is 18.7. The smallest absolute Gasteiger partial charge is 0.200 e. The summed E-state index contributed by atoms with van der Waals surface area (Å²) < 4.78 is 27.0. The maximum atomic E-state index is 13.7. The molecule has 0 spiro atoms. The lowest BCUT2D eigenvalue weighted by molar-refractivity contribution is -0.104. The van der Waals surface area contributed by atoms with Crippen molar-refractivity contribution in [2.45, 2.75) is 19.9 Å². The van der Waals surface area contributed by atoms with E-state index in [0.29, 0.717) is 12.4 Å². The molecule has 0 heterocycles. The lowest BCUT2D eigenvalue weighted by Crippen LogP contribution is -2.34. The van der Waals surface area contributed by atoms with Crippen LogP contribution in [0.25, 0.3) is 0 Å². The minimum Gasteiger partial charge on any atom is -0.394 e. The topological polar surface area (TPSA) is 66.4 Å². The average molecular weight is 423 g/mol. The number of Topliss-reactive ketones (excluding diaryl/α,β-unsaturated/α-hetero) is 1. The Balaban J connectivity index is 3.07. The number of aliphatic hydroxyl groups excluding tert-OH is 1. The van der Waals surface area contributed by atoms with E-state index < -0.39 is 17.4 Å². The van der Waals surface area contributed by atoms with Crippen LogP contribution in [0.15, 0.2) is 23.9 Å². The van der Waals surface area contributed by atoms with Crippen LogP contribution >= 0.6 is 22.6 Å². The molecule has 1 rings (SSSR count). The summed E-state index contributed by atoms with van der Waals surface area (Å²) in [6.07, 6.45) is 1.44. The summed E-state index contributed by atoms with van der Waals surface area (Å²) in [5.74, 6) is -2.59. The van der Waals surface area contributed by atoms with Gasteiger partial charge in [0, 0.05) is 15.8 Å². The first-order chi connectivity index (χ1) is 10.3. The SMILES string of the molecule is CC(C)[C@@H](CO)NC=C(C=O)C(=O)c1cc(I)c(F)cc1F. The Morgan fingerprint density at radius 1 is 1.36 bits per heavy atom. The van der Waals surface area contributed by atoms with Crippen molar-refractivity contribution in [1.82, 2.24) is 5.32 Å². The highest BCUT2D eigenvalue weighted by atomic mass is 127. The fourth-order valence-electron chi connectivity index (χ4n) is 1.66. The van der Waals surface area contributed by atoms with E-state index in [1.807, 2.05) is 13.8 Å². The quantitative estimate of drug-likeness (QED) is 0.135. The van der Waals surface area contributed by atoms with E-state index in [9.17, 15) is 23.5 Å². The monoisotopic (exact) mass is 423 g/mol. The van der Waals surface area contributed by atoms with Gasteiger partial charge in [-0.15, -0.1) is 0 Å². The van der Waals surface area contributed by atoms with Gasteiger partial charge in [0.1, 0.15) is 11.6 Å². The van der Waals surface area contributed by atoms with Crippen molar-refractivity contribution in [2.75, 3.05) is 6.61 Å². The Morgan fingerprint density at radius 3 is 2.50 bits per heavy atom. The summed E-state index contributed by atoms with van der Waals surface area (Å²) in [7, 11) is 0. The van der Waals surface area contributed by atoms with E-state index in [2.05, 4.69) is 5.32 Å². The van der Waals surface area contributed by atoms with Crippen molar-refractivity contribution >= 4 is 34.7 Å². The number of benzene rings is 1. The number of aldehydes is 1. The summed E-state index contributed by atoms with van der Waals surface area (Å²) in [5.41, 5.74) is -0.684. The summed E-state index contributed by atoms with van der Waals surface area (Å²) in [4.78, 5) is 23.2. The Labute approximate surface area is 140 Å². The number of rotatable bonds is 7. The molecule has 7 heteroatoms. The van der Waals surface area contributed by atoms with Gasteiger partial charge in [0.25, 0.3) is 0 Å². The van der Waals surface area contributed by atoms with Crippen molar-refractivity contribution in [3.63, 3.8) is 0 Å². The molecule has 22 heavy (non-hydrogen) atoms. The van der Waals surface area contributed by atoms with Crippen molar-refractivity contribution in [2.24, 2.45) is 5.92 Å². The molecule has 4 nitrogen and oxygen atoms in total. The van der Waals surface area contributed by atoms with E-state index in [1.165, 1.54) is 0 Å². The van der Waals surface area contributed by atoms with Gasteiger partial charge in [-0.05, 0) is 34.6 Å². The molecule has 0 aliphatic rings. The molecule has 0 radical (unpaired) electrons. The highest BCUT2D eigenvalue weighted by Crippen LogP contribution is 2.19. The predicted octanol–water partition coefficient (Wildman–Crippen LogP) is 2.44. The van der Waals surface area contributed by atoms with E-state index in [1.54, 1.807) is 22.6 Å². The third kappa shape index (κ3) is 4.57. The number of aliphatic hydroxyl groups is 1. The number of carbonyl (C=O) groups is 2. The Kier molecular flexibility index (Phi) is 7.08. The molecule has 120 valence electrons. The number of nitrogens with one attached hydrogen (secondary N) is 1. The summed E-state index contributed by atoms with van der Waals surface area (Å²) in [6.45, 7) is 3.52. The average Bonchev–Trinajstić information content (AvgIpc) is 2.46. The highest BCUT2D eigenvalue weighted by molar-refractivity contribution is 14.1. The zero-order chi connectivity index (χ0) is 16.9. The number of halogens is 3. The van der Waals surface area contributed by atoms with Gasteiger partial charge in [0.2, 0.25) is 5.78 Å². The van der Waals surface area contributed by atoms with Gasteiger partial charge in [0.05, 0.1) is 23.8 Å². The second-order valence-electron chi connectivity index (χ2n) is 4.99. The summed E-state index contributed by atoms with van der Waals surface area (Å²) >= 11 is 1.63. The summed E-state index contributed by atoms with van der Waals surface area (Å²) in [6, 6.07) is 1.31. The van der Waals surface area contributed by atoms with Gasteiger partial charge in [0.15, 0.2) is 6.29 Å². The number of ketones is 1. The van der Waals surface area contributed by atoms with Crippen LogP contribution < -0.4 is 5.32 Å². The lowest BCUT2D eigenvalue weighted by Gasteiger charge is -2.18. The molecular weight excluding hydrogens is 407 g/mol. The molecule has 0 fully saturated rings. The molecule has 0 aromatic heterocycles. The predicted molar refractivity (Wildman–Crippen MR) is 86.4 cm³/mol. The fourth-order valence-corrected chi connectivity index (χ4v) is 2.13. The Hall–Kier alpha value is -1.35. The van der Waals surface area contributed by atoms with Crippen molar-refractivity contribution in [3.05, 3.63) is 44.7 Å². The molecule has 1 aromatic carbocycles. The second-order valence-corrected chi connectivity index (χ2v) is 6.15. The van der Waals surface area contributed by atoms with Crippen LogP contribution in [0.3, 0.4) is 0 Å². The van der Waals surface area contributed by atoms with Crippen LogP contribution in [0.2, 0.25) is 0 Å². The number of hydrogen-bond acceptors (Lipinski definition) is 4. The Morgan fingerprint density at radius 2 is 2.00 bits per heavy atom. The van der Waals surface area contributed by atoms with Crippen molar-refractivity contribution < 1.29 is 23.5 Å². The number of hydrogen-bond donors (Lipinski definition) is 2. The summed E-state index contributed by atoms with van der Waals surface area (Å²) in [5, 5.41) is 11.9. The first-order valence-electron chi connectivity index (χ1n) is 6.53. The minimum absolute atomic E-state index is 0.0627. The van der Waals surface area contributed by atoms with Crippen LogP contribution in [0.5, 0.6) is 0 Å². The normalized spacial score (nSPS) is 13.1. The molecule has 2 N–H and O–H groups in total. The highest BCUT2D eigenvalue weighted by Gasteiger charge is 2.19. The van der Waals surface area contributed by atoms with E-state index in [4.69, 9.17) is 0 Å². The standard InChI is InChI=1S/C15H16F2INO3/c1-8(2)14(7-21)19-5-9(6-20)15(22)10-3-13(18)12(17)4-11(10)16/h3-6,8,14,19,21H,7H2,1-2H3/t14-/m1/s1. The number of carbonyl (C=O) groups excluding carboxylic acids is 2. The maximum Gasteiger partial charge on any atom is 0.200 e. The van der Waals surface area contributed by atoms with Crippen molar-refractivity contribution in [1.29, 1.82) is 0 Å². The van der Waals surface area contributed by atoms with Gasteiger partial charge in [-0.1, -0.05) is 13.8 Å². The molecular formula is C15H16F2INO3. The third-order valence-electron chi connectivity index (χ3n) is 3.10. The molecule has 1 atom stereocenters. The second kappa shape index (κ2) is 8.33. The van der Waals surface area contributed by atoms with Gasteiger partial charge < -0.3 is 10.4 Å². The molecule has 0 saturated heterocycles. The van der Waals surface area contributed by atoms with Gasteiger partial charge >= 0.3 is 0 Å². The van der Waals surface area contributed by atoms with Crippen LogP contribution in [0, 0.1) is 21.1 Å². The first-order valence-corrected chi connectivity index (χ1v) is 7.61. The zero-order valence-corrected chi connectivity index (χ0v) is 14.2. The van der Waals surface area contributed by atoms with Gasteiger partial charge in [-0.2, -0.15) is 0 Å². The van der Waals surface area contributed by atoms with E-state index in [-0.39, 0.29) is 33.3 Å². The van der Waals surface area contributed by atoms with Gasteiger partial charge in [-0.3, -0.25) is 9.59 Å². The molecule has 1 aromatic rings. The maximum absolute atomic E-state index is 13.7. The molecule has 0 saturated carbocycles. The van der Waals surface area contributed by atoms with E-state index >= 15 is 0 Å². The molecule has 0 aliphatic carbocycles. The van der Waals surface area contributed by atoms with E-state index in [0.717, 1.165) is 12.3 Å². The molecule has 0 aliphatic heterocycles. The van der Waals surface area contributed by atoms with Crippen LogP contribution in [-0.2, 0) is 4.79 Å². The molecule has 0 unspecified atom stereocenters. The lowest BCUT2D eigenvalue weighted by atomic mass is 10.0. The van der Waals surface area contributed by atoms with Crippen LogP contribution in [0.1, 0.15) is 24.2 Å². The molecule has 0 amide bonds. The number of allylic oxidation sites excluding steroid dienone is 1. The molecule has 0 bridgehead atoms. The third-order valence-corrected chi connectivity index (χ3v) is 3.92. The Bertz CT molecular complexity index is 603. The van der Waals surface area contributed by atoms with Crippen LogP contribution in [-0.4, -0.2) is 29.8 Å². The largest absolute Gasteiger partial charge is 0.394 e. The minimum atomic E-state index is -1.03. The van der Waals surface area contributed by atoms with Gasteiger partial charge in [-0.25, -0.2) is 8.78 Å². The van der Waals surface area contributed by atoms with Crippen molar-refractivity contribution in [3.8, 4) is 0 Å². The fraction of sp³-hybridized carbons (Fsp3) is 0.333. The zero-order valence-electron chi connectivity index (χ0n) is 12.1. The van der Waals surface area contributed by atoms with Crippen LogP contribution in [0.4, 0.5) is 8.78 Å².